The van der Waals surface area contributed by atoms with E-state index in [4.69, 9.17) is 9.47 Å². The normalized spacial score (nSPS) is 9.75. The van der Waals surface area contributed by atoms with E-state index >= 15 is 0 Å². The molecule has 0 aliphatic heterocycles. The standard InChI is InChI=1S/C8H19NO2.C5H12/c1-3-5-10-7-8-11-6-4-9-2;1-3-5-4-2/h9H,3-8H2,1-2H3;3-5H2,1-2H3. The highest BCUT2D eigenvalue weighted by Gasteiger charge is 1.87. The summed E-state index contributed by atoms with van der Waals surface area (Å²) in [4.78, 5) is 0. The minimum atomic E-state index is 0.710. The van der Waals surface area contributed by atoms with Crippen LogP contribution in [0.2, 0.25) is 0 Å². The number of nitrogens with one attached hydrogen (secondary N) is 1. The molecule has 3 nitrogen and oxygen atoms in total. The molecule has 1 N–H and O–H groups in total. The molecule has 100 valence electrons. The van der Waals surface area contributed by atoms with Crippen LogP contribution in [0.1, 0.15) is 46.5 Å². The summed E-state index contributed by atoms with van der Waals surface area (Å²) in [5, 5.41) is 3.00. The number of rotatable bonds is 10. The highest BCUT2D eigenvalue weighted by Crippen LogP contribution is 1.88. The topological polar surface area (TPSA) is 30.5 Å². The third kappa shape index (κ3) is 23.6. The Hall–Kier alpha value is -0.120. The molecule has 0 radical (unpaired) electrons. The molecule has 0 bridgehead atoms. The fourth-order valence-electron chi connectivity index (χ4n) is 0.994. The van der Waals surface area contributed by atoms with E-state index in [0.29, 0.717) is 6.61 Å². The van der Waals surface area contributed by atoms with E-state index in [1.807, 2.05) is 7.05 Å². The van der Waals surface area contributed by atoms with Crippen LogP contribution in [0.3, 0.4) is 0 Å². The van der Waals surface area contributed by atoms with Crippen molar-refractivity contribution in [3.63, 3.8) is 0 Å². The predicted octanol–water partition coefficient (Wildman–Crippen LogP) is 2.85. The van der Waals surface area contributed by atoms with Crippen molar-refractivity contribution < 1.29 is 9.47 Å². The lowest BCUT2D eigenvalue weighted by atomic mass is 10.3. The van der Waals surface area contributed by atoms with Crippen LogP contribution in [0.25, 0.3) is 0 Å². The summed E-state index contributed by atoms with van der Waals surface area (Å²) in [5.41, 5.74) is 0. The van der Waals surface area contributed by atoms with Crippen LogP contribution in [0.4, 0.5) is 0 Å². The van der Waals surface area contributed by atoms with E-state index in [9.17, 15) is 0 Å². The molecular formula is C13H31NO2. The molecule has 0 amide bonds. The van der Waals surface area contributed by atoms with Crippen molar-refractivity contribution in [2.75, 3.05) is 40.0 Å². The van der Waals surface area contributed by atoms with E-state index in [1.165, 1.54) is 19.3 Å². The second-order valence-electron chi connectivity index (χ2n) is 3.68. The number of ether oxygens (including phenoxy) is 2. The van der Waals surface area contributed by atoms with Gasteiger partial charge in [0.1, 0.15) is 0 Å². The molecule has 0 atom stereocenters. The van der Waals surface area contributed by atoms with E-state index in [0.717, 1.165) is 32.8 Å². The fourth-order valence-corrected chi connectivity index (χ4v) is 0.994. The Morgan fingerprint density at radius 2 is 1.31 bits per heavy atom. The van der Waals surface area contributed by atoms with Gasteiger partial charge in [0.15, 0.2) is 0 Å². The molecule has 3 heteroatoms. The van der Waals surface area contributed by atoms with Gasteiger partial charge in [-0.15, -0.1) is 0 Å². The lowest BCUT2D eigenvalue weighted by molar-refractivity contribution is 0.0495. The molecule has 0 heterocycles. The first-order chi connectivity index (χ1) is 7.83. The van der Waals surface area contributed by atoms with Crippen molar-refractivity contribution in [2.45, 2.75) is 46.5 Å². The highest BCUT2D eigenvalue weighted by atomic mass is 16.5. The number of hydrogen-bond donors (Lipinski definition) is 1. The largest absolute Gasteiger partial charge is 0.379 e. The molecule has 0 spiro atoms. The molecule has 0 aromatic carbocycles. The lowest BCUT2D eigenvalue weighted by Gasteiger charge is -2.03. The molecule has 0 saturated carbocycles. The fraction of sp³-hybridized carbons (Fsp3) is 1.00. The van der Waals surface area contributed by atoms with Gasteiger partial charge in [0.25, 0.3) is 0 Å². The molecule has 0 saturated heterocycles. The molecule has 0 aliphatic carbocycles. The van der Waals surface area contributed by atoms with Gasteiger partial charge in [0, 0.05) is 13.2 Å². The second-order valence-corrected chi connectivity index (χ2v) is 3.68. The smallest absolute Gasteiger partial charge is 0.0701 e. The van der Waals surface area contributed by atoms with Gasteiger partial charge >= 0.3 is 0 Å². The van der Waals surface area contributed by atoms with Gasteiger partial charge in [-0.25, -0.2) is 0 Å². The maximum absolute atomic E-state index is 5.23. The van der Waals surface area contributed by atoms with Gasteiger partial charge in [0.2, 0.25) is 0 Å². The molecule has 0 rings (SSSR count). The third-order valence-corrected chi connectivity index (χ3v) is 1.92. The van der Waals surface area contributed by atoms with Crippen molar-refractivity contribution in [1.82, 2.24) is 5.32 Å². The predicted molar refractivity (Wildman–Crippen MR) is 71.1 cm³/mol. The van der Waals surface area contributed by atoms with Crippen LogP contribution in [-0.4, -0.2) is 40.0 Å². The van der Waals surface area contributed by atoms with Crippen molar-refractivity contribution in [3.05, 3.63) is 0 Å². The Morgan fingerprint density at radius 3 is 1.69 bits per heavy atom. The summed E-state index contributed by atoms with van der Waals surface area (Å²) in [6, 6.07) is 0. The van der Waals surface area contributed by atoms with Crippen molar-refractivity contribution in [2.24, 2.45) is 0 Å². The quantitative estimate of drug-likeness (QED) is 0.589. The van der Waals surface area contributed by atoms with Gasteiger partial charge in [-0.05, 0) is 13.5 Å². The average molecular weight is 233 g/mol. The summed E-state index contributed by atoms with van der Waals surface area (Å²) in [6.07, 6.45) is 5.16. The zero-order valence-electron chi connectivity index (χ0n) is 11.7. The van der Waals surface area contributed by atoms with E-state index in [-0.39, 0.29) is 0 Å². The molecule has 0 fully saturated rings. The van der Waals surface area contributed by atoms with Crippen molar-refractivity contribution in [1.29, 1.82) is 0 Å². The minimum Gasteiger partial charge on any atom is -0.379 e. The Morgan fingerprint density at radius 1 is 0.750 bits per heavy atom. The first-order valence-corrected chi connectivity index (χ1v) is 6.63. The van der Waals surface area contributed by atoms with E-state index < -0.39 is 0 Å². The highest BCUT2D eigenvalue weighted by molar-refractivity contribution is 4.36. The SMILES string of the molecule is CCCCC.CCCOCCOCCNC. The van der Waals surface area contributed by atoms with Gasteiger partial charge < -0.3 is 14.8 Å². The van der Waals surface area contributed by atoms with Crippen LogP contribution >= 0.6 is 0 Å². The first-order valence-electron chi connectivity index (χ1n) is 6.63. The maximum atomic E-state index is 5.23. The zero-order valence-corrected chi connectivity index (χ0v) is 11.7. The average Bonchev–Trinajstić information content (AvgIpc) is 2.30. The van der Waals surface area contributed by atoms with Crippen LogP contribution in [0.15, 0.2) is 0 Å². The molecule has 0 aromatic heterocycles. The third-order valence-electron chi connectivity index (χ3n) is 1.92. The van der Waals surface area contributed by atoms with Gasteiger partial charge in [-0.3, -0.25) is 0 Å². The molecule has 0 aliphatic rings. The summed E-state index contributed by atoms with van der Waals surface area (Å²) < 4.78 is 10.5. The van der Waals surface area contributed by atoms with E-state index in [2.05, 4.69) is 26.1 Å². The Labute approximate surface area is 102 Å². The number of unbranched alkanes of at least 4 members (excludes halogenated alkanes) is 2. The van der Waals surface area contributed by atoms with Gasteiger partial charge in [0.05, 0.1) is 19.8 Å². The summed E-state index contributed by atoms with van der Waals surface area (Å²) in [6.45, 7) is 10.5. The maximum Gasteiger partial charge on any atom is 0.0701 e. The van der Waals surface area contributed by atoms with E-state index in [1.54, 1.807) is 0 Å². The van der Waals surface area contributed by atoms with Crippen LogP contribution in [0.5, 0.6) is 0 Å². The molecule has 0 aromatic rings. The monoisotopic (exact) mass is 233 g/mol. The Balaban J connectivity index is 0. The summed E-state index contributed by atoms with van der Waals surface area (Å²) in [5.74, 6) is 0. The van der Waals surface area contributed by atoms with Crippen molar-refractivity contribution >= 4 is 0 Å². The van der Waals surface area contributed by atoms with Crippen LogP contribution in [-0.2, 0) is 9.47 Å². The second kappa shape index (κ2) is 20.3. The van der Waals surface area contributed by atoms with Gasteiger partial charge in [-0.2, -0.15) is 0 Å². The first kappa shape index (κ1) is 18.3. The Kier molecular flexibility index (Phi) is 23.2. The minimum absolute atomic E-state index is 0.710. The van der Waals surface area contributed by atoms with Gasteiger partial charge in [-0.1, -0.05) is 40.0 Å². The number of likely N-dealkylation sites (N-methyl/N-ethyl adjacent to an activating group) is 1. The van der Waals surface area contributed by atoms with Crippen molar-refractivity contribution in [3.8, 4) is 0 Å². The molecule has 0 unspecified atom stereocenters. The summed E-state index contributed by atoms with van der Waals surface area (Å²) >= 11 is 0. The van der Waals surface area contributed by atoms with Crippen LogP contribution < -0.4 is 5.32 Å². The molecule has 16 heavy (non-hydrogen) atoms. The van der Waals surface area contributed by atoms with Crippen LogP contribution in [0, 0.1) is 0 Å². The number of hydrogen-bond acceptors (Lipinski definition) is 3. The zero-order chi connectivity index (χ0) is 12.5. The lowest BCUT2D eigenvalue weighted by Crippen LogP contribution is -2.16. The molecular weight excluding hydrogens is 202 g/mol. The summed E-state index contributed by atoms with van der Waals surface area (Å²) in [7, 11) is 1.91. The Bertz CT molecular complexity index is 89.9.